The van der Waals surface area contributed by atoms with Gasteiger partial charge in [-0.25, -0.2) is 0 Å². The van der Waals surface area contributed by atoms with Crippen molar-refractivity contribution in [2.45, 2.75) is 45.6 Å². The summed E-state index contributed by atoms with van der Waals surface area (Å²) in [7, 11) is 0. The van der Waals surface area contributed by atoms with Gasteiger partial charge in [-0.1, -0.05) is 50.6 Å². The zero-order chi connectivity index (χ0) is 17.9. The van der Waals surface area contributed by atoms with E-state index in [4.69, 9.17) is 5.10 Å². The molecule has 1 fully saturated rings. The first-order chi connectivity index (χ1) is 12.7. The van der Waals surface area contributed by atoms with Crippen molar-refractivity contribution in [1.29, 1.82) is 0 Å². The number of fused-ring (bicyclic) bond motifs is 1. The first-order valence-electron chi connectivity index (χ1n) is 9.48. The second-order valence-corrected chi connectivity index (χ2v) is 7.41. The van der Waals surface area contributed by atoms with E-state index in [2.05, 4.69) is 65.0 Å². The van der Waals surface area contributed by atoms with Gasteiger partial charge in [-0.2, -0.15) is 4.52 Å². The van der Waals surface area contributed by atoms with Crippen molar-refractivity contribution in [3.63, 3.8) is 0 Å². The van der Waals surface area contributed by atoms with Crippen LogP contribution in [-0.2, 0) is 6.54 Å². The van der Waals surface area contributed by atoms with Gasteiger partial charge < -0.3 is 10.6 Å². The number of aromatic nitrogens is 4. The smallest absolute Gasteiger partial charge is 0.201 e. The molecule has 0 saturated heterocycles. The SMILES string of the molecule is CC(C)c1nnc2c(NCc3ccccc3)cc(NCC3CCC3)nn12. The molecule has 1 saturated carbocycles. The molecule has 0 radical (unpaired) electrons. The highest BCUT2D eigenvalue weighted by molar-refractivity contribution is 5.70. The fourth-order valence-electron chi connectivity index (χ4n) is 3.21. The first-order valence-corrected chi connectivity index (χ1v) is 9.48. The Bertz CT molecular complexity index is 867. The van der Waals surface area contributed by atoms with E-state index in [1.807, 2.05) is 10.6 Å². The summed E-state index contributed by atoms with van der Waals surface area (Å²) in [6, 6.07) is 12.4. The van der Waals surface area contributed by atoms with E-state index in [1.54, 1.807) is 0 Å². The Labute approximate surface area is 154 Å². The molecule has 1 aliphatic rings. The van der Waals surface area contributed by atoms with E-state index < -0.39 is 0 Å². The maximum atomic E-state index is 4.74. The lowest BCUT2D eigenvalue weighted by Crippen LogP contribution is -2.22. The molecule has 2 N–H and O–H groups in total. The van der Waals surface area contributed by atoms with Gasteiger partial charge in [0.2, 0.25) is 5.65 Å². The number of nitrogens with zero attached hydrogens (tertiary/aromatic N) is 4. The third-order valence-electron chi connectivity index (χ3n) is 5.03. The van der Waals surface area contributed by atoms with Crippen LogP contribution < -0.4 is 10.6 Å². The number of nitrogens with one attached hydrogen (secondary N) is 2. The van der Waals surface area contributed by atoms with Crippen LogP contribution in [-0.4, -0.2) is 26.4 Å². The molecule has 1 aromatic carbocycles. The van der Waals surface area contributed by atoms with Crippen LogP contribution in [0.15, 0.2) is 36.4 Å². The third-order valence-corrected chi connectivity index (χ3v) is 5.03. The predicted molar refractivity (Wildman–Crippen MR) is 104 cm³/mol. The molecule has 0 spiro atoms. The molecule has 26 heavy (non-hydrogen) atoms. The van der Waals surface area contributed by atoms with E-state index in [9.17, 15) is 0 Å². The van der Waals surface area contributed by atoms with Crippen molar-refractivity contribution in [2.75, 3.05) is 17.2 Å². The van der Waals surface area contributed by atoms with Crippen LogP contribution in [0.2, 0.25) is 0 Å². The summed E-state index contributed by atoms with van der Waals surface area (Å²) in [5.74, 6) is 2.80. The zero-order valence-electron chi connectivity index (χ0n) is 15.4. The Morgan fingerprint density at radius 2 is 1.92 bits per heavy atom. The zero-order valence-corrected chi connectivity index (χ0v) is 15.4. The molecular weight excluding hydrogens is 324 g/mol. The van der Waals surface area contributed by atoms with Gasteiger partial charge in [0.25, 0.3) is 0 Å². The largest absolute Gasteiger partial charge is 0.378 e. The second kappa shape index (κ2) is 7.32. The molecule has 136 valence electrons. The minimum absolute atomic E-state index is 0.265. The highest BCUT2D eigenvalue weighted by atomic mass is 15.4. The minimum atomic E-state index is 0.265. The highest BCUT2D eigenvalue weighted by Crippen LogP contribution is 2.27. The van der Waals surface area contributed by atoms with Crippen LogP contribution in [0.1, 0.15) is 50.4 Å². The number of benzene rings is 1. The Kier molecular flexibility index (Phi) is 4.73. The minimum Gasteiger partial charge on any atom is -0.378 e. The Morgan fingerprint density at radius 1 is 1.12 bits per heavy atom. The predicted octanol–water partition coefficient (Wildman–Crippen LogP) is 4.07. The van der Waals surface area contributed by atoms with Crippen molar-refractivity contribution >= 4 is 17.2 Å². The molecule has 3 aromatic rings. The lowest BCUT2D eigenvalue weighted by molar-refractivity contribution is 0.333. The van der Waals surface area contributed by atoms with Gasteiger partial charge in [0.1, 0.15) is 5.82 Å². The number of hydrogen-bond acceptors (Lipinski definition) is 5. The van der Waals surface area contributed by atoms with Gasteiger partial charge in [-0.05, 0) is 24.3 Å². The maximum absolute atomic E-state index is 4.74. The van der Waals surface area contributed by atoms with Crippen LogP contribution >= 0.6 is 0 Å². The van der Waals surface area contributed by atoms with Crippen molar-refractivity contribution in [3.05, 3.63) is 47.8 Å². The van der Waals surface area contributed by atoms with E-state index in [-0.39, 0.29) is 5.92 Å². The molecule has 0 atom stereocenters. The van der Waals surface area contributed by atoms with Gasteiger partial charge in [0.05, 0.1) is 5.69 Å². The lowest BCUT2D eigenvalue weighted by atomic mass is 9.85. The molecule has 0 amide bonds. The summed E-state index contributed by atoms with van der Waals surface area (Å²) < 4.78 is 1.88. The summed E-state index contributed by atoms with van der Waals surface area (Å²) in [5.41, 5.74) is 2.97. The van der Waals surface area contributed by atoms with E-state index >= 15 is 0 Å². The van der Waals surface area contributed by atoms with Gasteiger partial charge in [-0.3, -0.25) is 0 Å². The van der Waals surface area contributed by atoms with Gasteiger partial charge in [0.15, 0.2) is 5.82 Å². The molecule has 6 heteroatoms. The maximum Gasteiger partial charge on any atom is 0.201 e. The molecule has 2 aromatic heterocycles. The summed E-state index contributed by atoms with van der Waals surface area (Å²) in [6.45, 7) is 5.95. The average molecular weight is 350 g/mol. The van der Waals surface area contributed by atoms with Crippen LogP contribution in [0.25, 0.3) is 5.65 Å². The second-order valence-electron chi connectivity index (χ2n) is 7.41. The van der Waals surface area contributed by atoms with Gasteiger partial charge in [-0.15, -0.1) is 15.3 Å². The summed E-state index contributed by atoms with van der Waals surface area (Å²) in [6.07, 6.45) is 3.99. The molecule has 4 rings (SSSR count). The Morgan fingerprint density at radius 3 is 2.62 bits per heavy atom. The number of anilines is 2. The molecule has 0 unspecified atom stereocenters. The topological polar surface area (TPSA) is 67.1 Å². The van der Waals surface area contributed by atoms with E-state index in [1.165, 1.54) is 24.8 Å². The highest BCUT2D eigenvalue weighted by Gasteiger charge is 2.19. The summed E-state index contributed by atoms with van der Waals surface area (Å²) in [4.78, 5) is 0. The molecule has 2 heterocycles. The van der Waals surface area contributed by atoms with Crippen molar-refractivity contribution in [2.24, 2.45) is 5.92 Å². The van der Waals surface area contributed by atoms with Gasteiger partial charge >= 0.3 is 0 Å². The van der Waals surface area contributed by atoms with Crippen molar-refractivity contribution in [3.8, 4) is 0 Å². The first kappa shape index (κ1) is 16.8. The Hall–Kier alpha value is -2.63. The number of rotatable bonds is 7. The standard InChI is InChI=1S/C20H26N6/c1-14(2)19-23-24-20-17(21-12-15-7-4-3-5-8-15)11-18(25-26(19)20)22-13-16-9-6-10-16/h3-5,7-8,11,14,16,21H,6,9-10,12-13H2,1-2H3,(H,22,25). The fourth-order valence-corrected chi connectivity index (χ4v) is 3.21. The Balaban J connectivity index is 1.62. The van der Waals surface area contributed by atoms with Crippen molar-refractivity contribution in [1.82, 2.24) is 19.8 Å². The van der Waals surface area contributed by atoms with E-state index in [0.717, 1.165) is 42.0 Å². The molecule has 1 aliphatic carbocycles. The monoisotopic (exact) mass is 350 g/mol. The lowest BCUT2D eigenvalue weighted by Gasteiger charge is -2.25. The van der Waals surface area contributed by atoms with Crippen LogP contribution in [0.3, 0.4) is 0 Å². The molecule has 0 bridgehead atoms. The van der Waals surface area contributed by atoms with Crippen LogP contribution in [0, 0.1) is 5.92 Å². The van der Waals surface area contributed by atoms with Crippen LogP contribution in [0.4, 0.5) is 11.5 Å². The van der Waals surface area contributed by atoms with E-state index in [0.29, 0.717) is 0 Å². The van der Waals surface area contributed by atoms with Crippen molar-refractivity contribution < 1.29 is 0 Å². The summed E-state index contributed by atoms with van der Waals surface area (Å²) in [5, 5.41) is 20.5. The van der Waals surface area contributed by atoms with Crippen LogP contribution in [0.5, 0.6) is 0 Å². The van der Waals surface area contributed by atoms with Gasteiger partial charge in [0, 0.05) is 25.1 Å². The average Bonchev–Trinajstić information content (AvgIpc) is 3.03. The normalized spacial score (nSPS) is 14.6. The molecular formula is C20H26N6. The molecule has 0 aliphatic heterocycles. The summed E-state index contributed by atoms with van der Waals surface area (Å²) >= 11 is 0. The fraction of sp³-hybridized carbons (Fsp3) is 0.450. The number of hydrogen-bond donors (Lipinski definition) is 2. The third kappa shape index (κ3) is 3.49. The molecule has 6 nitrogen and oxygen atoms in total. The quantitative estimate of drug-likeness (QED) is 0.672.